The normalized spacial score (nSPS) is 12.7. The lowest BCUT2D eigenvalue weighted by Crippen LogP contribution is -2.22. The quantitative estimate of drug-likeness (QED) is 0.888. The largest absolute Gasteiger partial charge is 0.496 e. The number of nitrogens with zero attached hydrogens (tertiary/aromatic N) is 3. The van der Waals surface area contributed by atoms with Crippen molar-refractivity contribution in [3.8, 4) is 5.75 Å². The van der Waals surface area contributed by atoms with Crippen LogP contribution in [0.5, 0.6) is 5.75 Å². The lowest BCUT2D eigenvalue weighted by molar-refractivity contribution is 0.398. The van der Waals surface area contributed by atoms with Crippen molar-refractivity contribution in [2.75, 3.05) is 14.2 Å². The van der Waals surface area contributed by atoms with Gasteiger partial charge in [0.2, 0.25) is 0 Å². The van der Waals surface area contributed by atoms with Gasteiger partial charge in [-0.15, -0.1) is 0 Å². The van der Waals surface area contributed by atoms with Gasteiger partial charge in [-0.05, 0) is 33.9 Å². The molecule has 1 N–H and O–H groups in total. The molecule has 0 radical (unpaired) electrons. The van der Waals surface area contributed by atoms with E-state index in [1.165, 1.54) is 5.56 Å². The Hall–Kier alpha value is -1.88. The highest BCUT2D eigenvalue weighted by molar-refractivity contribution is 5.39. The number of aryl methyl sites for hydroxylation is 1. The summed E-state index contributed by atoms with van der Waals surface area (Å²) in [5.41, 5.74) is 2.37. The minimum atomic E-state index is 0.140. The molecule has 0 spiro atoms. The predicted octanol–water partition coefficient (Wildman–Crippen LogP) is 2.68. The van der Waals surface area contributed by atoms with Gasteiger partial charge in [-0.2, -0.15) is 5.10 Å². The summed E-state index contributed by atoms with van der Waals surface area (Å²) in [6, 6.07) is 6.69. The molecule has 0 saturated heterocycles. The molecule has 0 amide bonds. The minimum Gasteiger partial charge on any atom is -0.496 e. The second-order valence-corrected chi connectivity index (χ2v) is 5.51. The molecule has 1 unspecified atom stereocenters. The summed E-state index contributed by atoms with van der Waals surface area (Å²) in [6.07, 6.45) is 2.39. The molecule has 1 aromatic heterocycles. The molecule has 114 valence electrons. The molecule has 1 aromatic carbocycles. The Balaban J connectivity index is 2.32. The Bertz CT molecular complexity index is 592. The molecule has 0 aliphatic rings. The highest BCUT2D eigenvalue weighted by Crippen LogP contribution is 2.28. The second kappa shape index (κ2) is 6.72. The fraction of sp³-hybridized carbons (Fsp3) is 0.500. The smallest absolute Gasteiger partial charge is 0.138 e. The molecule has 0 aliphatic heterocycles. The van der Waals surface area contributed by atoms with E-state index in [0.29, 0.717) is 6.04 Å². The standard InChI is InChI=1S/C16H24N4O/c1-11(2)20-16(18-10-19-20)9-14(17-4)13-8-12(3)6-7-15(13)21-5/h6-8,10-11,14,17H,9H2,1-5H3. The maximum atomic E-state index is 5.50. The maximum Gasteiger partial charge on any atom is 0.138 e. The first-order valence-electron chi connectivity index (χ1n) is 7.27. The van der Waals surface area contributed by atoms with E-state index in [0.717, 1.165) is 23.6 Å². The number of ether oxygens (including phenoxy) is 1. The molecule has 0 aliphatic carbocycles. The van der Waals surface area contributed by atoms with Gasteiger partial charge >= 0.3 is 0 Å². The van der Waals surface area contributed by atoms with Crippen molar-refractivity contribution in [1.82, 2.24) is 20.1 Å². The minimum absolute atomic E-state index is 0.140. The van der Waals surface area contributed by atoms with Crippen molar-refractivity contribution in [3.05, 3.63) is 41.5 Å². The highest BCUT2D eigenvalue weighted by atomic mass is 16.5. The van der Waals surface area contributed by atoms with Gasteiger partial charge in [0.15, 0.2) is 0 Å². The van der Waals surface area contributed by atoms with Crippen molar-refractivity contribution in [2.45, 2.75) is 39.3 Å². The molecule has 5 heteroatoms. The van der Waals surface area contributed by atoms with Gasteiger partial charge in [-0.3, -0.25) is 0 Å². The molecule has 21 heavy (non-hydrogen) atoms. The summed E-state index contributed by atoms with van der Waals surface area (Å²) < 4.78 is 7.46. The van der Waals surface area contributed by atoms with Crippen LogP contribution in [0.4, 0.5) is 0 Å². The van der Waals surface area contributed by atoms with E-state index in [9.17, 15) is 0 Å². The van der Waals surface area contributed by atoms with Crippen molar-refractivity contribution in [1.29, 1.82) is 0 Å². The number of likely N-dealkylation sites (N-methyl/N-ethyl adjacent to an activating group) is 1. The Morgan fingerprint density at radius 3 is 2.71 bits per heavy atom. The Morgan fingerprint density at radius 1 is 1.33 bits per heavy atom. The molecular weight excluding hydrogens is 264 g/mol. The van der Waals surface area contributed by atoms with E-state index >= 15 is 0 Å². The van der Waals surface area contributed by atoms with Gasteiger partial charge in [0.25, 0.3) is 0 Å². The average molecular weight is 288 g/mol. The SMILES string of the molecule is CNC(Cc1ncnn1C(C)C)c1cc(C)ccc1OC. The fourth-order valence-electron chi connectivity index (χ4n) is 2.53. The molecule has 0 fully saturated rings. The molecule has 5 nitrogen and oxygen atoms in total. The van der Waals surface area contributed by atoms with E-state index in [-0.39, 0.29) is 6.04 Å². The van der Waals surface area contributed by atoms with E-state index < -0.39 is 0 Å². The fourth-order valence-corrected chi connectivity index (χ4v) is 2.53. The Morgan fingerprint density at radius 2 is 2.10 bits per heavy atom. The summed E-state index contributed by atoms with van der Waals surface area (Å²) in [5, 5.41) is 7.67. The number of hydrogen-bond donors (Lipinski definition) is 1. The number of benzene rings is 1. The van der Waals surface area contributed by atoms with Crippen molar-refractivity contribution in [2.24, 2.45) is 0 Å². The number of aromatic nitrogens is 3. The summed E-state index contributed by atoms with van der Waals surface area (Å²) in [5.74, 6) is 1.88. The zero-order valence-corrected chi connectivity index (χ0v) is 13.4. The monoisotopic (exact) mass is 288 g/mol. The molecule has 1 atom stereocenters. The number of methoxy groups -OCH3 is 1. The van der Waals surface area contributed by atoms with Crippen molar-refractivity contribution in [3.63, 3.8) is 0 Å². The van der Waals surface area contributed by atoms with Gasteiger partial charge in [-0.25, -0.2) is 9.67 Å². The molecule has 2 rings (SSSR count). The van der Waals surface area contributed by atoms with E-state index in [1.807, 2.05) is 17.8 Å². The van der Waals surface area contributed by atoms with Crippen LogP contribution >= 0.6 is 0 Å². The summed E-state index contributed by atoms with van der Waals surface area (Å²) in [6.45, 7) is 6.31. The predicted molar refractivity (Wildman–Crippen MR) is 83.6 cm³/mol. The van der Waals surface area contributed by atoms with Crippen LogP contribution in [0.3, 0.4) is 0 Å². The van der Waals surface area contributed by atoms with Crippen LogP contribution in [0.1, 0.15) is 42.9 Å². The Labute approximate surface area is 126 Å². The van der Waals surface area contributed by atoms with Crippen LogP contribution in [0, 0.1) is 6.92 Å². The number of hydrogen-bond acceptors (Lipinski definition) is 4. The van der Waals surface area contributed by atoms with Gasteiger partial charge in [0.05, 0.1) is 7.11 Å². The average Bonchev–Trinajstić information content (AvgIpc) is 2.93. The third-order valence-electron chi connectivity index (χ3n) is 3.63. The van der Waals surface area contributed by atoms with Gasteiger partial charge < -0.3 is 10.1 Å². The van der Waals surface area contributed by atoms with Crippen molar-refractivity contribution < 1.29 is 4.74 Å². The Kier molecular flexibility index (Phi) is 4.96. The molecule has 2 aromatic rings. The van der Waals surface area contributed by atoms with E-state index in [1.54, 1.807) is 13.4 Å². The summed E-state index contributed by atoms with van der Waals surface area (Å²) in [4.78, 5) is 4.40. The topological polar surface area (TPSA) is 52.0 Å². The number of nitrogens with one attached hydrogen (secondary N) is 1. The van der Waals surface area contributed by atoms with Gasteiger partial charge in [-0.1, -0.05) is 17.7 Å². The van der Waals surface area contributed by atoms with Crippen LogP contribution in [0.15, 0.2) is 24.5 Å². The molecular formula is C16H24N4O. The van der Waals surface area contributed by atoms with E-state index in [2.05, 4.69) is 48.3 Å². The summed E-state index contributed by atoms with van der Waals surface area (Å²) >= 11 is 0. The molecule has 0 saturated carbocycles. The van der Waals surface area contributed by atoms with Crippen LogP contribution < -0.4 is 10.1 Å². The van der Waals surface area contributed by atoms with Crippen LogP contribution in [-0.4, -0.2) is 28.9 Å². The van der Waals surface area contributed by atoms with E-state index in [4.69, 9.17) is 4.74 Å². The lowest BCUT2D eigenvalue weighted by atomic mass is 10.00. The van der Waals surface area contributed by atoms with Crippen molar-refractivity contribution >= 4 is 0 Å². The van der Waals surface area contributed by atoms with Crippen LogP contribution in [0.25, 0.3) is 0 Å². The van der Waals surface area contributed by atoms with Crippen LogP contribution in [0.2, 0.25) is 0 Å². The third kappa shape index (κ3) is 3.42. The lowest BCUT2D eigenvalue weighted by Gasteiger charge is -2.20. The van der Waals surface area contributed by atoms with Crippen LogP contribution in [-0.2, 0) is 6.42 Å². The highest BCUT2D eigenvalue weighted by Gasteiger charge is 2.19. The zero-order valence-electron chi connectivity index (χ0n) is 13.4. The first kappa shape index (κ1) is 15.5. The first-order chi connectivity index (χ1) is 10.1. The number of rotatable bonds is 6. The third-order valence-corrected chi connectivity index (χ3v) is 3.63. The first-order valence-corrected chi connectivity index (χ1v) is 7.27. The van der Waals surface area contributed by atoms with Gasteiger partial charge in [0, 0.05) is 24.1 Å². The zero-order chi connectivity index (χ0) is 15.4. The summed E-state index contributed by atoms with van der Waals surface area (Å²) in [7, 11) is 3.67. The molecule has 0 bridgehead atoms. The molecule has 1 heterocycles. The second-order valence-electron chi connectivity index (χ2n) is 5.51. The maximum absolute atomic E-state index is 5.50. The van der Waals surface area contributed by atoms with Gasteiger partial charge in [0.1, 0.15) is 17.9 Å².